The van der Waals surface area contributed by atoms with Crippen LogP contribution in [0.2, 0.25) is 5.02 Å². The summed E-state index contributed by atoms with van der Waals surface area (Å²) in [5.74, 6) is -0.282. The molecule has 0 bridgehead atoms. The number of aromatic amines is 1. The largest absolute Gasteiger partial charge is 0.345 e. The molecule has 0 aliphatic rings. The number of nitrogens with one attached hydrogen (secondary N) is 2. The van der Waals surface area contributed by atoms with E-state index in [2.05, 4.69) is 9.71 Å². The van der Waals surface area contributed by atoms with Gasteiger partial charge in [0.1, 0.15) is 10.8 Å². The summed E-state index contributed by atoms with van der Waals surface area (Å²) in [7, 11) is -3.71. The molecule has 0 atom stereocenters. The second-order valence-corrected chi connectivity index (χ2v) is 9.01. The lowest BCUT2D eigenvalue weighted by Gasteiger charge is -2.10. The minimum absolute atomic E-state index is 0.0929. The predicted molar refractivity (Wildman–Crippen MR) is 114 cm³/mol. The minimum atomic E-state index is -3.71. The molecule has 4 aromatic rings. The van der Waals surface area contributed by atoms with Crippen molar-refractivity contribution in [3.05, 3.63) is 88.7 Å². The van der Waals surface area contributed by atoms with Crippen LogP contribution in [0.3, 0.4) is 0 Å². The number of benzene rings is 3. The van der Waals surface area contributed by atoms with Crippen molar-refractivity contribution in [3.63, 3.8) is 0 Å². The predicted octanol–water partition coefficient (Wildman–Crippen LogP) is 5.41. The number of hydrogen-bond acceptors (Lipinski definition) is 2. The van der Waals surface area contributed by atoms with Crippen molar-refractivity contribution < 1.29 is 12.8 Å². The summed E-state index contributed by atoms with van der Waals surface area (Å²) < 4.78 is 41.1. The van der Waals surface area contributed by atoms with Gasteiger partial charge >= 0.3 is 0 Å². The molecular formula is C22H18ClFN2O2S. The number of sulfonamides is 1. The summed E-state index contributed by atoms with van der Waals surface area (Å²) in [6, 6.07) is 18.7. The lowest BCUT2D eigenvalue weighted by molar-refractivity contribution is 0.578. The molecule has 4 nitrogen and oxygen atoms in total. The minimum Gasteiger partial charge on any atom is -0.345 e. The molecule has 0 spiro atoms. The highest BCUT2D eigenvalue weighted by Gasteiger charge is 2.17. The van der Waals surface area contributed by atoms with Gasteiger partial charge in [-0.2, -0.15) is 0 Å². The number of aromatic nitrogens is 1. The third-order valence-corrected chi connectivity index (χ3v) is 6.38. The van der Waals surface area contributed by atoms with E-state index in [-0.39, 0.29) is 17.4 Å². The van der Waals surface area contributed by atoms with Crippen LogP contribution >= 0.6 is 11.6 Å². The lowest BCUT2D eigenvalue weighted by atomic mass is 10.00. The average Bonchev–Trinajstić information content (AvgIpc) is 3.12. The average molecular weight is 429 g/mol. The van der Waals surface area contributed by atoms with Crippen LogP contribution in [0.1, 0.15) is 11.1 Å². The zero-order chi connectivity index (χ0) is 20.6. The monoisotopic (exact) mass is 428 g/mol. The van der Waals surface area contributed by atoms with Crippen LogP contribution in [-0.4, -0.2) is 13.4 Å². The summed E-state index contributed by atoms with van der Waals surface area (Å²) in [4.78, 5) is 2.91. The topological polar surface area (TPSA) is 62.0 Å². The molecule has 7 heteroatoms. The van der Waals surface area contributed by atoms with E-state index in [1.165, 1.54) is 12.1 Å². The first-order valence-corrected chi connectivity index (χ1v) is 10.8. The summed E-state index contributed by atoms with van der Waals surface area (Å²) in [5, 5.41) is 1.37. The summed E-state index contributed by atoms with van der Waals surface area (Å²) in [6.07, 6.45) is 0. The maximum Gasteiger partial charge on any atom is 0.256 e. The first kappa shape index (κ1) is 19.6. The Bertz CT molecular complexity index is 1300. The zero-order valence-electron chi connectivity index (χ0n) is 15.5. The van der Waals surface area contributed by atoms with Gasteiger partial charge in [0, 0.05) is 22.5 Å². The second kappa shape index (κ2) is 7.63. The van der Waals surface area contributed by atoms with Crippen LogP contribution in [0.4, 0.5) is 4.39 Å². The van der Waals surface area contributed by atoms with Crippen LogP contribution in [0.15, 0.2) is 71.8 Å². The fourth-order valence-corrected chi connectivity index (χ4v) is 4.40. The van der Waals surface area contributed by atoms with E-state index < -0.39 is 10.0 Å². The number of aryl methyl sites for hydroxylation is 1. The van der Waals surface area contributed by atoms with Crippen molar-refractivity contribution in [1.82, 2.24) is 9.71 Å². The summed E-state index contributed by atoms with van der Waals surface area (Å²) in [5.41, 5.74) is 4.35. The van der Waals surface area contributed by atoms with Crippen LogP contribution < -0.4 is 4.72 Å². The number of H-pyrrole nitrogens is 1. The third kappa shape index (κ3) is 4.19. The highest BCUT2D eigenvalue weighted by atomic mass is 35.5. The van der Waals surface area contributed by atoms with E-state index in [1.54, 1.807) is 36.4 Å². The lowest BCUT2D eigenvalue weighted by Crippen LogP contribution is -2.23. The Labute approximate surface area is 173 Å². The van der Waals surface area contributed by atoms with Gasteiger partial charge in [0.25, 0.3) is 10.0 Å². The van der Waals surface area contributed by atoms with E-state index in [4.69, 9.17) is 11.6 Å². The van der Waals surface area contributed by atoms with Gasteiger partial charge in [-0.1, -0.05) is 41.9 Å². The Morgan fingerprint density at radius 2 is 1.69 bits per heavy atom. The molecule has 1 aromatic heterocycles. The van der Waals surface area contributed by atoms with Gasteiger partial charge in [0.2, 0.25) is 0 Å². The van der Waals surface area contributed by atoms with E-state index in [0.29, 0.717) is 10.5 Å². The van der Waals surface area contributed by atoms with Crippen molar-refractivity contribution in [2.45, 2.75) is 18.5 Å². The molecule has 0 fully saturated rings. The smallest absolute Gasteiger partial charge is 0.256 e. The molecule has 0 aliphatic heterocycles. The summed E-state index contributed by atoms with van der Waals surface area (Å²) >= 11 is 5.97. The third-order valence-electron chi connectivity index (χ3n) is 4.82. The molecule has 0 amide bonds. The number of rotatable bonds is 5. The molecule has 29 heavy (non-hydrogen) atoms. The highest BCUT2D eigenvalue weighted by Crippen LogP contribution is 2.24. The standard InChI is InChI=1S/C22H18ClFN2O2S/c1-14-10-16(15-4-7-20(24)8-5-15)2-3-17(14)13-25-29(27,28)22-12-18-11-19(23)6-9-21(18)26-22/h2-12,25-26H,13H2,1H3. The SMILES string of the molecule is Cc1cc(-c2ccc(F)cc2)ccc1CNS(=O)(=O)c1cc2cc(Cl)ccc2[nH]1. The van der Waals surface area contributed by atoms with Gasteiger partial charge in [0.05, 0.1) is 0 Å². The fourth-order valence-electron chi connectivity index (χ4n) is 3.19. The number of halogens is 2. The molecular weight excluding hydrogens is 411 g/mol. The van der Waals surface area contributed by atoms with Crippen LogP contribution in [0, 0.1) is 12.7 Å². The Morgan fingerprint density at radius 1 is 0.966 bits per heavy atom. The second-order valence-electron chi connectivity index (χ2n) is 6.84. The number of fused-ring (bicyclic) bond motifs is 1. The molecule has 0 saturated carbocycles. The van der Waals surface area contributed by atoms with E-state index >= 15 is 0 Å². The van der Waals surface area contributed by atoms with E-state index in [9.17, 15) is 12.8 Å². The molecule has 4 rings (SSSR count). The summed E-state index contributed by atoms with van der Waals surface area (Å²) in [6.45, 7) is 2.08. The highest BCUT2D eigenvalue weighted by molar-refractivity contribution is 7.89. The molecule has 0 saturated heterocycles. The molecule has 1 heterocycles. The van der Waals surface area contributed by atoms with Crippen LogP contribution in [-0.2, 0) is 16.6 Å². The normalized spacial score (nSPS) is 11.8. The van der Waals surface area contributed by atoms with Gasteiger partial charge in [0.15, 0.2) is 0 Å². The van der Waals surface area contributed by atoms with Crippen molar-refractivity contribution in [3.8, 4) is 11.1 Å². The molecule has 3 aromatic carbocycles. The molecule has 148 valence electrons. The van der Waals surface area contributed by atoms with Crippen LogP contribution in [0.25, 0.3) is 22.0 Å². The van der Waals surface area contributed by atoms with Gasteiger partial charge in [-0.05, 0) is 65.6 Å². The Hall–Kier alpha value is -2.67. The van der Waals surface area contributed by atoms with E-state index in [0.717, 1.165) is 27.6 Å². The molecule has 0 aliphatic carbocycles. The molecule has 0 unspecified atom stereocenters. The maximum atomic E-state index is 13.1. The van der Waals surface area contributed by atoms with Gasteiger partial charge in [-0.15, -0.1) is 0 Å². The van der Waals surface area contributed by atoms with E-state index in [1.807, 2.05) is 25.1 Å². The van der Waals surface area contributed by atoms with Crippen molar-refractivity contribution in [2.24, 2.45) is 0 Å². The fraction of sp³-hybridized carbons (Fsp3) is 0.0909. The maximum absolute atomic E-state index is 13.1. The quantitative estimate of drug-likeness (QED) is 0.446. The number of hydrogen-bond donors (Lipinski definition) is 2. The van der Waals surface area contributed by atoms with Crippen LogP contribution in [0.5, 0.6) is 0 Å². The first-order chi connectivity index (χ1) is 13.8. The van der Waals surface area contributed by atoms with Gasteiger partial charge < -0.3 is 4.98 Å². The molecule has 0 radical (unpaired) electrons. The first-order valence-electron chi connectivity index (χ1n) is 8.95. The molecule has 2 N–H and O–H groups in total. The zero-order valence-corrected chi connectivity index (χ0v) is 17.1. The van der Waals surface area contributed by atoms with Gasteiger partial charge in [-0.25, -0.2) is 17.5 Å². The Balaban J connectivity index is 1.53. The Morgan fingerprint density at radius 3 is 2.41 bits per heavy atom. The Kier molecular flexibility index (Phi) is 5.17. The van der Waals surface area contributed by atoms with Crippen molar-refractivity contribution >= 4 is 32.5 Å². The van der Waals surface area contributed by atoms with Gasteiger partial charge in [-0.3, -0.25) is 0 Å². The van der Waals surface area contributed by atoms with Crippen molar-refractivity contribution in [2.75, 3.05) is 0 Å². The van der Waals surface area contributed by atoms with Crippen molar-refractivity contribution in [1.29, 1.82) is 0 Å².